The van der Waals surface area contributed by atoms with E-state index in [1.807, 2.05) is 24.3 Å². The standard InChI is InChI=1S/C27H28N6O6S/c1-38-24-8-3-18(15-25(24)39-2)9-10-28-22-16-19(5-7-23(22)33(36)37)30-11-13-31(14-12-30)27-29-21-6-4-20(32(34)35)17-26(21)40-27/h3-8,15-17,28H,9-14H2,1-2H3. The molecule has 0 spiro atoms. The van der Waals surface area contributed by atoms with Gasteiger partial charge in [0.1, 0.15) is 5.69 Å². The lowest BCUT2D eigenvalue weighted by molar-refractivity contribution is -0.384. The fraction of sp³-hybridized carbons (Fsp3) is 0.296. The van der Waals surface area contributed by atoms with Crippen LogP contribution in [0.1, 0.15) is 5.56 Å². The molecule has 1 fully saturated rings. The van der Waals surface area contributed by atoms with Crippen LogP contribution in [-0.4, -0.2) is 61.8 Å². The number of nitrogens with zero attached hydrogens (tertiary/aromatic N) is 5. The number of anilines is 3. The summed E-state index contributed by atoms with van der Waals surface area (Å²) in [5.41, 5.74) is 3.21. The van der Waals surface area contributed by atoms with Gasteiger partial charge in [-0.1, -0.05) is 17.4 Å². The van der Waals surface area contributed by atoms with Gasteiger partial charge in [-0.15, -0.1) is 0 Å². The van der Waals surface area contributed by atoms with Crippen LogP contribution in [0.5, 0.6) is 11.5 Å². The summed E-state index contributed by atoms with van der Waals surface area (Å²) in [6.07, 6.45) is 0.645. The fourth-order valence-corrected chi connectivity index (χ4v) is 5.76. The largest absolute Gasteiger partial charge is 0.493 e. The van der Waals surface area contributed by atoms with Crippen molar-refractivity contribution in [3.8, 4) is 11.5 Å². The molecule has 0 aliphatic carbocycles. The van der Waals surface area contributed by atoms with Crippen LogP contribution in [0.25, 0.3) is 10.2 Å². The third-order valence-corrected chi connectivity index (χ3v) is 7.92. The molecule has 1 aliphatic rings. The molecule has 13 heteroatoms. The molecule has 0 bridgehead atoms. The normalized spacial score (nSPS) is 13.3. The first kappa shape index (κ1) is 26.9. The Morgan fingerprint density at radius 1 is 0.900 bits per heavy atom. The van der Waals surface area contributed by atoms with Crippen molar-refractivity contribution in [3.63, 3.8) is 0 Å². The Balaban J connectivity index is 1.24. The van der Waals surface area contributed by atoms with Crippen molar-refractivity contribution in [1.82, 2.24) is 4.98 Å². The van der Waals surface area contributed by atoms with Crippen LogP contribution in [0.2, 0.25) is 0 Å². The van der Waals surface area contributed by atoms with E-state index in [1.54, 1.807) is 38.5 Å². The van der Waals surface area contributed by atoms with Gasteiger partial charge in [0, 0.05) is 56.6 Å². The summed E-state index contributed by atoms with van der Waals surface area (Å²) in [6, 6.07) is 15.6. The topological polar surface area (TPSA) is 136 Å². The number of benzene rings is 3. The second-order valence-corrected chi connectivity index (χ2v) is 10.2. The van der Waals surface area contributed by atoms with Gasteiger partial charge in [-0.05, 0) is 42.3 Å². The van der Waals surface area contributed by atoms with Gasteiger partial charge in [0.2, 0.25) is 0 Å². The zero-order valence-electron chi connectivity index (χ0n) is 22.0. The smallest absolute Gasteiger partial charge is 0.292 e. The Kier molecular flexibility index (Phi) is 7.82. The Morgan fingerprint density at radius 3 is 2.35 bits per heavy atom. The molecule has 0 atom stereocenters. The van der Waals surface area contributed by atoms with Crippen LogP contribution in [0.15, 0.2) is 54.6 Å². The summed E-state index contributed by atoms with van der Waals surface area (Å²) in [6.45, 7) is 3.34. The monoisotopic (exact) mass is 564 g/mol. The van der Waals surface area contributed by atoms with E-state index in [0.29, 0.717) is 56.3 Å². The van der Waals surface area contributed by atoms with Crippen LogP contribution < -0.4 is 24.6 Å². The molecule has 1 aliphatic heterocycles. The molecule has 0 radical (unpaired) electrons. The number of ether oxygens (including phenoxy) is 2. The van der Waals surface area contributed by atoms with Gasteiger partial charge in [-0.2, -0.15) is 0 Å². The first-order valence-corrected chi connectivity index (χ1v) is 13.5. The molecular weight excluding hydrogens is 536 g/mol. The molecule has 1 N–H and O–H groups in total. The van der Waals surface area contributed by atoms with Crippen molar-refractivity contribution < 1.29 is 19.3 Å². The second kappa shape index (κ2) is 11.6. The highest BCUT2D eigenvalue weighted by Crippen LogP contribution is 2.34. The highest BCUT2D eigenvalue weighted by atomic mass is 32.1. The minimum absolute atomic E-state index is 0.0262. The lowest BCUT2D eigenvalue weighted by atomic mass is 10.1. The first-order chi connectivity index (χ1) is 19.4. The number of hydrogen-bond donors (Lipinski definition) is 1. The average Bonchev–Trinajstić information content (AvgIpc) is 3.40. The number of thiazole rings is 1. The Labute approximate surface area is 234 Å². The number of nitro benzene ring substituents is 2. The number of hydrogen-bond acceptors (Lipinski definition) is 11. The number of piperazine rings is 1. The van der Waals surface area contributed by atoms with Gasteiger partial charge >= 0.3 is 0 Å². The van der Waals surface area contributed by atoms with Crippen LogP contribution in [0.4, 0.5) is 27.9 Å². The molecule has 0 saturated carbocycles. The van der Waals surface area contributed by atoms with E-state index in [1.165, 1.54) is 17.4 Å². The van der Waals surface area contributed by atoms with E-state index in [-0.39, 0.29) is 16.3 Å². The molecule has 0 amide bonds. The molecule has 0 unspecified atom stereocenters. The van der Waals surface area contributed by atoms with Crippen molar-refractivity contribution in [2.45, 2.75) is 6.42 Å². The number of aromatic nitrogens is 1. The zero-order valence-corrected chi connectivity index (χ0v) is 22.8. The highest BCUT2D eigenvalue weighted by Gasteiger charge is 2.23. The molecule has 208 valence electrons. The van der Waals surface area contributed by atoms with Crippen molar-refractivity contribution in [2.75, 3.05) is 62.1 Å². The zero-order chi connectivity index (χ0) is 28.2. The van der Waals surface area contributed by atoms with Crippen molar-refractivity contribution in [3.05, 3.63) is 80.4 Å². The number of rotatable bonds is 10. The van der Waals surface area contributed by atoms with E-state index in [0.717, 1.165) is 26.6 Å². The fourth-order valence-electron chi connectivity index (χ4n) is 4.71. The molecule has 5 rings (SSSR count). The summed E-state index contributed by atoms with van der Waals surface area (Å²) >= 11 is 1.44. The Hall–Kier alpha value is -4.65. The Bertz CT molecular complexity index is 1550. The van der Waals surface area contributed by atoms with Crippen LogP contribution in [-0.2, 0) is 6.42 Å². The average molecular weight is 565 g/mol. The van der Waals surface area contributed by atoms with Crippen molar-refractivity contribution in [2.24, 2.45) is 0 Å². The maximum atomic E-state index is 11.7. The molecule has 2 heterocycles. The predicted octanol–water partition coefficient (Wildman–Crippen LogP) is 5.11. The summed E-state index contributed by atoms with van der Waals surface area (Å²) < 4.78 is 11.4. The van der Waals surface area contributed by atoms with Crippen molar-refractivity contribution >= 4 is 49.4 Å². The molecule has 12 nitrogen and oxygen atoms in total. The van der Waals surface area contributed by atoms with Gasteiger partial charge in [-0.3, -0.25) is 20.2 Å². The summed E-state index contributed by atoms with van der Waals surface area (Å²) in [4.78, 5) is 31.0. The van der Waals surface area contributed by atoms with Gasteiger partial charge in [0.15, 0.2) is 16.6 Å². The van der Waals surface area contributed by atoms with E-state index in [9.17, 15) is 20.2 Å². The maximum Gasteiger partial charge on any atom is 0.292 e. The van der Waals surface area contributed by atoms with Gasteiger partial charge in [0.05, 0.1) is 34.3 Å². The van der Waals surface area contributed by atoms with E-state index in [4.69, 9.17) is 9.47 Å². The number of fused-ring (bicyclic) bond motifs is 1. The highest BCUT2D eigenvalue weighted by molar-refractivity contribution is 7.22. The van der Waals surface area contributed by atoms with Crippen molar-refractivity contribution in [1.29, 1.82) is 0 Å². The summed E-state index contributed by atoms with van der Waals surface area (Å²) in [5, 5.41) is 26.9. The van der Waals surface area contributed by atoms with E-state index >= 15 is 0 Å². The molecule has 3 aromatic carbocycles. The lowest BCUT2D eigenvalue weighted by Crippen LogP contribution is -2.46. The minimum atomic E-state index is -0.402. The molecule has 1 aromatic heterocycles. The van der Waals surface area contributed by atoms with Crippen LogP contribution in [0, 0.1) is 20.2 Å². The first-order valence-electron chi connectivity index (χ1n) is 12.6. The van der Waals surface area contributed by atoms with E-state index in [2.05, 4.69) is 20.1 Å². The third kappa shape index (κ3) is 5.69. The maximum absolute atomic E-state index is 11.7. The third-order valence-electron chi connectivity index (χ3n) is 6.84. The van der Waals surface area contributed by atoms with Gasteiger partial charge in [-0.25, -0.2) is 4.98 Å². The number of nitrogens with one attached hydrogen (secondary N) is 1. The number of nitro groups is 2. The molecule has 4 aromatic rings. The second-order valence-electron chi connectivity index (χ2n) is 9.20. The molecule has 1 saturated heterocycles. The number of non-ortho nitro benzene ring substituents is 1. The lowest BCUT2D eigenvalue weighted by Gasteiger charge is -2.36. The SMILES string of the molecule is COc1ccc(CCNc2cc(N3CCN(c4nc5ccc([N+](=O)[O-])cc5s4)CC3)ccc2[N+](=O)[O-])cc1OC. The summed E-state index contributed by atoms with van der Waals surface area (Å²) in [5.74, 6) is 1.29. The predicted molar refractivity (Wildman–Crippen MR) is 156 cm³/mol. The van der Waals surface area contributed by atoms with Gasteiger partial charge < -0.3 is 24.6 Å². The molecule has 40 heavy (non-hydrogen) atoms. The van der Waals surface area contributed by atoms with Gasteiger partial charge in [0.25, 0.3) is 11.4 Å². The number of methoxy groups -OCH3 is 2. The molecular formula is C27H28N6O6S. The van der Waals surface area contributed by atoms with Crippen LogP contribution in [0.3, 0.4) is 0 Å². The van der Waals surface area contributed by atoms with Crippen LogP contribution >= 0.6 is 11.3 Å². The Morgan fingerprint density at radius 2 is 1.65 bits per heavy atom. The summed E-state index contributed by atoms with van der Waals surface area (Å²) in [7, 11) is 3.17. The minimum Gasteiger partial charge on any atom is -0.493 e. The van der Waals surface area contributed by atoms with E-state index < -0.39 is 4.92 Å². The quantitative estimate of drug-likeness (QED) is 0.204.